The SMILES string of the molecule is Cc1c(C(=O)Nc2ccccc2Br)cnn1-c1cccc(Cl)c1. The van der Waals surface area contributed by atoms with Gasteiger partial charge in [0, 0.05) is 9.50 Å². The Labute approximate surface area is 147 Å². The minimum atomic E-state index is -0.206. The van der Waals surface area contributed by atoms with Crippen molar-refractivity contribution < 1.29 is 4.79 Å². The molecule has 4 nitrogen and oxygen atoms in total. The van der Waals surface area contributed by atoms with E-state index < -0.39 is 0 Å². The standard InChI is InChI=1S/C17H13BrClN3O/c1-11-14(17(23)21-16-8-3-2-7-15(16)18)10-20-22(11)13-6-4-5-12(19)9-13/h2-10H,1H3,(H,21,23). The molecule has 0 aliphatic carbocycles. The van der Waals surface area contributed by atoms with Crippen LogP contribution in [-0.4, -0.2) is 15.7 Å². The van der Waals surface area contributed by atoms with E-state index in [-0.39, 0.29) is 5.91 Å². The van der Waals surface area contributed by atoms with E-state index in [0.29, 0.717) is 16.3 Å². The van der Waals surface area contributed by atoms with Gasteiger partial charge >= 0.3 is 0 Å². The van der Waals surface area contributed by atoms with Crippen LogP contribution < -0.4 is 5.32 Å². The van der Waals surface area contributed by atoms with E-state index in [1.165, 1.54) is 0 Å². The van der Waals surface area contributed by atoms with Gasteiger partial charge in [0.2, 0.25) is 0 Å². The molecule has 0 bridgehead atoms. The second-order valence-corrected chi connectivity index (χ2v) is 6.26. The van der Waals surface area contributed by atoms with Crippen molar-refractivity contribution in [3.05, 3.63) is 75.5 Å². The van der Waals surface area contributed by atoms with E-state index in [0.717, 1.165) is 15.9 Å². The molecule has 1 N–H and O–H groups in total. The van der Waals surface area contributed by atoms with Crippen LogP contribution in [0.2, 0.25) is 5.02 Å². The minimum Gasteiger partial charge on any atom is -0.321 e. The summed E-state index contributed by atoms with van der Waals surface area (Å²) in [6.45, 7) is 1.85. The van der Waals surface area contributed by atoms with Gasteiger partial charge in [0.25, 0.3) is 5.91 Å². The van der Waals surface area contributed by atoms with Crippen LogP contribution >= 0.6 is 27.5 Å². The van der Waals surface area contributed by atoms with Gasteiger partial charge < -0.3 is 5.32 Å². The summed E-state index contributed by atoms with van der Waals surface area (Å²) in [6, 6.07) is 14.8. The molecule has 116 valence electrons. The molecule has 3 aromatic rings. The van der Waals surface area contributed by atoms with Crippen molar-refractivity contribution in [2.24, 2.45) is 0 Å². The zero-order valence-corrected chi connectivity index (χ0v) is 14.6. The summed E-state index contributed by atoms with van der Waals surface area (Å²) in [5.41, 5.74) is 2.79. The second-order valence-electron chi connectivity index (χ2n) is 4.97. The highest BCUT2D eigenvalue weighted by Crippen LogP contribution is 2.23. The third-order valence-corrected chi connectivity index (χ3v) is 4.36. The predicted molar refractivity (Wildman–Crippen MR) is 95.4 cm³/mol. The topological polar surface area (TPSA) is 46.9 Å². The van der Waals surface area contributed by atoms with E-state index in [4.69, 9.17) is 11.6 Å². The number of carbonyl (C=O) groups excluding carboxylic acids is 1. The first kappa shape index (κ1) is 15.8. The average molecular weight is 391 g/mol. The number of halogens is 2. The molecule has 0 atom stereocenters. The lowest BCUT2D eigenvalue weighted by molar-refractivity contribution is 0.102. The highest BCUT2D eigenvalue weighted by molar-refractivity contribution is 9.10. The molecule has 2 aromatic carbocycles. The molecule has 1 aromatic heterocycles. The fraction of sp³-hybridized carbons (Fsp3) is 0.0588. The number of carbonyl (C=O) groups is 1. The quantitative estimate of drug-likeness (QED) is 0.695. The van der Waals surface area contributed by atoms with Gasteiger partial charge in [-0.25, -0.2) is 4.68 Å². The molecule has 3 rings (SSSR count). The summed E-state index contributed by atoms with van der Waals surface area (Å²) in [5.74, 6) is -0.206. The smallest absolute Gasteiger partial charge is 0.259 e. The molecule has 0 saturated carbocycles. The fourth-order valence-electron chi connectivity index (χ4n) is 2.25. The van der Waals surface area contributed by atoms with Crippen molar-refractivity contribution in [1.82, 2.24) is 9.78 Å². The molecular formula is C17H13BrClN3O. The van der Waals surface area contributed by atoms with Crippen LogP contribution in [0, 0.1) is 6.92 Å². The maximum atomic E-state index is 12.5. The maximum absolute atomic E-state index is 12.5. The van der Waals surface area contributed by atoms with Crippen LogP contribution in [0.15, 0.2) is 59.2 Å². The molecule has 0 spiro atoms. The first-order valence-corrected chi connectivity index (χ1v) is 8.10. The van der Waals surface area contributed by atoms with Gasteiger partial charge in [-0.05, 0) is 53.2 Å². The molecule has 23 heavy (non-hydrogen) atoms. The molecule has 0 saturated heterocycles. The Kier molecular flexibility index (Phi) is 4.50. The van der Waals surface area contributed by atoms with Crippen LogP contribution in [0.3, 0.4) is 0 Å². The van der Waals surface area contributed by atoms with Crippen LogP contribution in [0.4, 0.5) is 5.69 Å². The van der Waals surface area contributed by atoms with Crippen LogP contribution in [0.5, 0.6) is 0 Å². The Balaban J connectivity index is 1.90. The molecule has 0 aliphatic heterocycles. The van der Waals surface area contributed by atoms with Gasteiger partial charge in [-0.1, -0.05) is 29.8 Å². The molecule has 0 unspecified atom stereocenters. The van der Waals surface area contributed by atoms with E-state index in [9.17, 15) is 4.79 Å². The highest BCUT2D eigenvalue weighted by Gasteiger charge is 2.16. The van der Waals surface area contributed by atoms with Crippen molar-refractivity contribution in [2.75, 3.05) is 5.32 Å². The lowest BCUT2D eigenvalue weighted by atomic mass is 10.2. The number of benzene rings is 2. The van der Waals surface area contributed by atoms with E-state index in [1.54, 1.807) is 23.0 Å². The van der Waals surface area contributed by atoms with Gasteiger partial charge in [0.05, 0.1) is 28.8 Å². The lowest BCUT2D eigenvalue weighted by Crippen LogP contribution is -2.13. The maximum Gasteiger partial charge on any atom is 0.259 e. The Bertz CT molecular complexity index is 876. The molecule has 6 heteroatoms. The number of amides is 1. The van der Waals surface area contributed by atoms with Gasteiger partial charge in [-0.15, -0.1) is 0 Å². The number of hydrogen-bond acceptors (Lipinski definition) is 2. The molecule has 1 amide bonds. The number of hydrogen-bond donors (Lipinski definition) is 1. The normalized spacial score (nSPS) is 10.6. The summed E-state index contributed by atoms with van der Waals surface area (Å²) < 4.78 is 2.52. The molecule has 1 heterocycles. The number of nitrogens with one attached hydrogen (secondary N) is 1. The lowest BCUT2D eigenvalue weighted by Gasteiger charge is -2.08. The molecule has 0 aliphatic rings. The molecule has 0 fully saturated rings. The number of aromatic nitrogens is 2. The number of rotatable bonds is 3. The first-order chi connectivity index (χ1) is 11.1. The van der Waals surface area contributed by atoms with Crippen molar-refractivity contribution in [3.63, 3.8) is 0 Å². The monoisotopic (exact) mass is 389 g/mol. The summed E-state index contributed by atoms with van der Waals surface area (Å²) >= 11 is 9.43. The summed E-state index contributed by atoms with van der Waals surface area (Å²) in [7, 11) is 0. The largest absolute Gasteiger partial charge is 0.321 e. The Hall–Kier alpha value is -2.11. The van der Waals surface area contributed by atoms with Gasteiger partial charge in [-0.2, -0.15) is 5.10 Å². The zero-order chi connectivity index (χ0) is 16.4. The van der Waals surface area contributed by atoms with Crippen LogP contribution in [0.25, 0.3) is 5.69 Å². The van der Waals surface area contributed by atoms with Crippen LogP contribution in [0.1, 0.15) is 16.1 Å². The average Bonchev–Trinajstić information content (AvgIpc) is 2.91. The number of para-hydroxylation sites is 1. The Morgan fingerprint density at radius 3 is 2.74 bits per heavy atom. The Morgan fingerprint density at radius 2 is 2.00 bits per heavy atom. The second kappa shape index (κ2) is 6.56. The fourth-order valence-corrected chi connectivity index (χ4v) is 2.82. The number of anilines is 1. The first-order valence-electron chi connectivity index (χ1n) is 6.92. The summed E-state index contributed by atoms with van der Waals surface area (Å²) in [4.78, 5) is 12.5. The van der Waals surface area contributed by atoms with E-state index >= 15 is 0 Å². The molecular weight excluding hydrogens is 378 g/mol. The zero-order valence-electron chi connectivity index (χ0n) is 12.3. The third kappa shape index (κ3) is 3.30. The van der Waals surface area contributed by atoms with Crippen molar-refractivity contribution in [1.29, 1.82) is 0 Å². The van der Waals surface area contributed by atoms with E-state index in [2.05, 4.69) is 26.3 Å². The van der Waals surface area contributed by atoms with Crippen LogP contribution in [-0.2, 0) is 0 Å². The van der Waals surface area contributed by atoms with Gasteiger partial charge in [-0.3, -0.25) is 4.79 Å². The third-order valence-electron chi connectivity index (χ3n) is 3.43. The van der Waals surface area contributed by atoms with Crippen molar-refractivity contribution >= 4 is 39.1 Å². The highest BCUT2D eigenvalue weighted by atomic mass is 79.9. The number of nitrogens with zero attached hydrogens (tertiary/aromatic N) is 2. The molecule has 0 radical (unpaired) electrons. The van der Waals surface area contributed by atoms with Crippen molar-refractivity contribution in [3.8, 4) is 5.69 Å². The Morgan fingerprint density at radius 1 is 1.22 bits per heavy atom. The summed E-state index contributed by atoms with van der Waals surface area (Å²) in [5, 5.41) is 7.80. The van der Waals surface area contributed by atoms with Gasteiger partial charge in [0.1, 0.15) is 0 Å². The van der Waals surface area contributed by atoms with E-state index in [1.807, 2.05) is 43.3 Å². The van der Waals surface area contributed by atoms with Gasteiger partial charge in [0.15, 0.2) is 0 Å². The predicted octanol–water partition coefficient (Wildman–Crippen LogP) is 4.85. The van der Waals surface area contributed by atoms with Crippen molar-refractivity contribution in [2.45, 2.75) is 6.92 Å². The summed E-state index contributed by atoms with van der Waals surface area (Å²) in [6.07, 6.45) is 1.56. The minimum absolute atomic E-state index is 0.206.